The van der Waals surface area contributed by atoms with Crippen LogP contribution in [0.3, 0.4) is 0 Å². The molecule has 2 heterocycles. The highest BCUT2D eigenvalue weighted by Crippen LogP contribution is 2.24. The predicted octanol–water partition coefficient (Wildman–Crippen LogP) is 2.40. The summed E-state index contributed by atoms with van der Waals surface area (Å²) in [5, 5.41) is 8.08. The third kappa shape index (κ3) is 4.35. The average Bonchev–Trinajstić information content (AvgIpc) is 3.07. The highest BCUT2D eigenvalue weighted by atomic mass is 32.1. The van der Waals surface area contributed by atoms with Gasteiger partial charge in [0.1, 0.15) is 17.7 Å². The van der Waals surface area contributed by atoms with E-state index in [1.165, 1.54) is 11.2 Å². The van der Waals surface area contributed by atoms with Crippen molar-refractivity contribution in [2.45, 2.75) is 52.6 Å². The molecule has 0 aliphatic rings. The molecule has 2 aromatic heterocycles. The van der Waals surface area contributed by atoms with E-state index < -0.39 is 0 Å². The summed E-state index contributed by atoms with van der Waals surface area (Å²) in [6.45, 7) is 6.83. The molecule has 6 nitrogen and oxygen atoms in total. The van der Waals surface area contributed by atoms with E-state index in [0.29, 0.717) is 13.0 Å². The summed E-state index contributed by atoms with van der Waals surface area (Å²) >= 11 is 1.66. The Morgan fingerprint density at radius 2 is 2.29 bits per heavy atom. The number of hydrogen-bond donors (Lipinski definition) is 1. The Kier molecular flexibility index (Phi) is 5.44. The van der Waals surface area contributed by atoms with Crippen LogP contribution in [0.1, 0.15) is 47.8 Å². The SMILES string of the molecule is CCC(NC(=O)CCCn1cncn1)c1nc(C)c(C)s1. The number of aromatic nitrogens is 4. The molecule has 2 rings (SSSR count). The van der Waals surface area contributed by atoms with E-state index in [1.807, 2.05) is 6.92 Å². The second-order valence-corrected chi connectivity index (χ2v) is 6.22. The molecule has 1 amide bonds. The zero-order valence-corrected chi connectivity index (χ0v) is 13.5. The van der Waals surface area contributed by atoms with Crippen LogP contribution >= 0.6 is 11.3 Å². The summed E-state index contributed by atoms with van der Waals surface area (Å²) in [5.74, 6) is 0.0625. The van der Waals surface area contributed by atoms with Crippen molar-refractivity contribution in [2.24, 2.45) is 0 Å². The van der Waals surface area contributed by atoms with Crippen molar-refractivity contribution in [1.82, 2.24) is 25.1 Å². The minimum atomic E-state index is 0.0151. The van der Waals surface area contributed by atoms with Gasteiger partial charge in [0.15, 0.2) is 0 Å². The van der Waals surface area contributed by atoms with Crippen molar-refractivity contribution in [3.63, 3.8) is 0 Å². The van der Waals surface area contributed by atoms with E-state index in [-0.39, 0.29) is 11.9 Å². The quantitative estimate of drug-likeness (QED) is 0.852. The normalized spacial score (nSPS) is 12.3. The van der Waals surface area contributed by atoms with Gasteiger partial charge in [-0.05, 0) is 26.7 Å². The highest BCUT2D eigenvalue weighted by molar-refractivity contribution is 7.11. The van der Waals surface area contributed by atoms with Crippen LogP contribution < -0.4 is 5.32 Å². The lowest BCUT2D eigenvalue weighted by atomic mass is 10.2. The molecule has 2 aromatic rings. The van der Waals surface area contributed by atoms with Crippen molar-refractivity contribution in [1.29, 1.82) is 0 Å². The van der Waals surface area contributed by atoms with Gasteiger partial charge in [-0.25, -0.2) is 9.97 Å². The fourth-order valence-electron chi connectivity index (χ4n) is 2.00. The summed E-state index contributed by atoms with van der Waals surface area (Å²) in [6, 6.07) is 0.0151. The van der Waals surface area contributed by atoms with Gasteiger partial charge in [-0.3, -0.25) is 9.48 Å². The van der Waals surface area contributed by atoms with Crippen molar-refractivity contribution in [3.05, 3.63) is 28.2 Å². The number of thiazole rings is 1. The second-order valence-electron chi connectivity index (χ2n) is 4.98. The minimum absolute atomic E-state index is 0.0151. The fourth-order valence-corrected chi connectivity index (χ4v) is 3.06. The molecule has 0 bridgehead atoms. The molecule has 1 unspecified atom stereocenters. The molecule has 0 fully saturated rings. The Morgan fingerprint density at radius 1 is 1.48 bits per heavy atom. The van der Waals surface area contributed by atoms with Gasteiger partial charge in [0.25, 0.3) is 0 Å². The van der Waals surface area contributed by atoms with E-state index in [0.717, 1.165) is 23.5 Å². The van der Waals surface area contributed by atoms with Crippen LogP contribution in [0.2, 0.25) is 0 Å². The molecular weight excluding hydrogens is 286 g/mol. The number of aryl methyl sites for hydroxylation is 3. The van der Waals surface area contributed by atoms with Gasteiger partial charge in [0.05, 0.1) is 11.7 Å². The summed E-state index contributed by atoms with van der Waals surface area (Å²) in [7, 11) is 0. The second kappa shape index (κ2) is 7.31. The molecule has 0 radical (unpaired) electrons. The number of nitrogens with one attached hydrogen (secondary N) is 1. The molecule has 0 spiro atoms. The molecule has 114 valence electrons. The van der Waals surface area contributed by atoms with Crippen molar-refractivity contribution in [2.75, 3.05) is 0 Å². The van der Waals surface area contributed by atoms with Crippen LogP contribution in [0.4, 0.5) is 0 Å². The molecule has 0 aliphatic carbocycles. The van der Waals surface area contributed by atoms with Gasteiger partial charge in [-0.2, -0.15) is 5.10 Å². The maximum Gasteiger partial charge on any atom is 0.220 e. The fraction of sp³-hybridized carbons (Fsp3) is 0.571. The van der Waals surface area contributed by atoms with Crippen LogP contribution in [0.25, 0.3) is 0 Å². The molecule has 21 heavy (non-hydrogen) atoms. The third-order valence-corrected chi connectivity index (χ3v) is 4.53. The van der Waals surface area contributed by atoms with E-state index in [9.17, 15) is 4.79 Å². The van der Waals surface area contributed by atoms with Gasteiger partial charge in [0.2, 0.25) is 5.91 Å². The van der Waals surface area contributed by atoms with Gasteiger partial charge >= 0.3 is 0 Å². The minimum Gasteiger partial charge on any atom is -0.347 e. The molecular formula is C14H21N5OS. The lowest BCUT2D eigenvalue weighted by molar-refractivity contribution is -0.122. The summed E-state index contributed by atoms with van der Waals surface area (Å²) in [4.78, 5) is 21.7. The Bertz CT molecular complexity index is 559. The highest BCUT2D eigenvalue weighted by Gasteiger charge is 2.17. The maximum atomic E-state index is 12.0. The van der Waals surface area contributed by atoms with Crippen molar-refractivity contribution in [3.8, 4) is 0 Å². The van der Waals surface area contributed by atoms with E-state index >= 15 is 0 Å². The molecule has 7 heteroatoms. The van der Waals surface area contributed by atoms with Gasteiger partial charge < -0.3 is 5.32 Å². The number of hydrogen-bond acceptors (Lipinski definition) is 5. The largest absolute Gasteiger partial charge is 0.347 e. The number of amides is 1. The molecule has 0 aliphatic heterocycles. The maximum absolute atomic E-state index is 12.0. The Labute approximate surface area is 128 Å². The summed E-state index contributed by atoms with van der Waals surface area (Å²) < 4.78 is 1.73. The van der Waals surface area contributed by atoms with E-state index in [2.05, 4.69) is 34.2 Å². The first kappa shape index (κ1) is 15.6. The Morgan fingerprint density at radius 3 is 2.86 bits per heavy atom. The van der Waals surface area contributed by atoms with Crippen LogP contribution in [0, 0.1) is 13.8 Å². The first-order chi connectivity index (χ1) is 10.1. The van der Waals surface area contributed by atoms with Gasteiger partial charge in [-0.15, -0.1) is 11.3 Å². The van der Waals surface area contributed by atoms with Crippen molar-refractivity contribution < 1.29 is 4.79 Å². The standard InChI is InChI=1S/C14H21N5OS/c1-4-12(14-17-10(2)11(3)21-14)18-13(20)6-5-7-19-9-15-8-16-19/h8-9,12H,4-7H2,1-3H3,(H,18,20). The Hall–Kier alpha value is -1.76. The van der Waals surface area contributed by atoms with Crippen LogP contribution in [0.5, 0.6) is 0 Å². The smallest absolute Gasteiger partial charge is 0.220 e. The third-order valence-electron chi connectivity index (χ3n) is 3.34. The molecule has 1 atom stereocenters. The molecule has 0 saturated heterocycles. The Balaban J connectivity index is 1.82. The van der Waals surface area contributed by atoms with Gasteiger partial charge in [-0.1, -0.05) is 6.92 Å². The lowest BCUT2D eigenvalue weighted by Crippen LogP contribution is -2.28. The van der Waals surface area contributed by atoms with Crippen molar-refractivity contribution >= 4 is 17.2 Å². The summed E-state index contributed by atoms with van der Waals surface area (Å²) in [6.07, 6.45) is 5.25. The van der Waals surface area contributed by atoms with Crippen LogP contribution in [-0.4, -0.2) is 25.7 Å². The first-order valence-corrected chi connectivity index (χ1v) is 7.97. The van der Waals surface area contributed by atoms with E-state index in [1.54, 1.807) is 22.3 Å². The molecule has 0 aromatic carbocycles. The van der Waals surface area contributed by atoms with E-state index in [4.69, 9.17) is 0 Å². The number of nitrogens with zero attached hydrogens (tertiary/aromatic N) is 4. The van der Waals surface area contributed by atoms with Gasteiger partial charge in [0, 0.05) is 17.8 Å². The zero-order chi connectivity index (χ0) is 15.2. The number of carbonyl (C=O) groups excluding carboxylic acids is 1. The molecule has 1 N–H and O–H groups in total. The average molecular weight is 307 g/mol. The first-order valence-electron chi connectivity index (χ1n) is 7.15. The lowest BCUT2D eigenvalue weighted by Gasteiger charge is -2.14. The zero-order valence-electron chi connectivity index (χ0n) is 12.7. The predicted molar refractivity (Wildman–Crippen MR) is 82.0 cm³/mol. The summed E-state index contributed by atoms with van der Waals surface area (Å²) in [5.41, 5.74) is 1.05. The monoisotopic (exact) mass is 307 g/mol. The molecule has 0 saturated carbocycles. The number of carbonyl (C=O) groups is 1. The topological polar surface area (TPSA) is 72.7 Å². The number of rotatable bonds is 7. The van der Waals surface area contributed by atoms with Crippen LogP contribution in [-0.2, 0) is 11.3 Å². The van der Waals surface area contributed by atoms with Crippen LogP contribution in [0.15, 0.2) is 12.7 Å².